The minimum absolute atomic E-state index is 0.141. The summed E-state index contributed by atoms with van der Waals surface area (Å²) < 4.78 is 5.32. The van der Waals surface area contributed by atoms with Crippen molar-refractivity contribution in [2.24, 2.45) is 0 Å². The van der Waals surface area contributed by atoms with Crippen LogP contribution in [0, 0.1) is 4.64 Å². The summed E-state index contributed by atoms with van der Waals surface area (Å²) in [6.45, 7) is 0. The van der Waals surface area contributed by atoms with Crippen molar-refractivity contribution in [3.8, 4) is 5.88 Å². The molecular weight excluding hydrogens is 282 g/mol. The predicted molar refractivity (Wildman–Crippen MR) is 63.0 cm³/mol. The van der Waals surface area contributed by atoms with Crippen LogP contribution in [0.25, 0.3) is 0 Å². The summed E-state index contributed by atoms with van der Waals surface area (Å²) in [5, 5.41) is 3.23. The first-order valence-corrected chi connectivity index (χ1v) is 5.69. The average Bonchev–Trinajstić information content (AvgIpc) is 2.21. The van der Waals surface area contributed by atoms with Gasteiger partial charge in [-0.15, -0.1) is 0 Å². The SMILES string of the molecule is COc1[nH]cnc(=S)c1NC(=O)CCBr. The molecule has 0 radical (unpaired) electrons. The van der Waals surface area contributed by atoms with Gasteiger partial charge in [-0.05, 0) is 0 Å². The van der Waals surface area contributed by atoms with E-state index in [2.05, 4.69) is 31.2 Å². The van der Waals surface area contributed by atoms with E-state index in [1.807, 2.05) is 0 Å². The van der Waals surface area contributed by atoms with Crippen molar-refractivity contribution in [3.05, 3.63) is 11.0 Å². The van der Waals surface area contributed by atoms with E-state index >= 15 is 0 Å². The molecule has 1 amide bonds. The molecule has 0 unspecified atom stereocenters. The lowest BCUT2D eigenvalue weighted by Crippen LogP contribution is -2.13. The lowest BCUT2D eigenvalue weighted by Gasteiger charge is -2.08. The number of aromatic amines is 1. The van der Waals surface area contributed by atoms with Gasteiger partial charge in [-0.25, -0.2) is 4.98 Å². The molecule has 1 rings (SSSR count). The van der Waals surface area contributed by atoms with E-state index in [9.17, 15) is 4.79 Å². The van der Waals surface area contributed by atoms with Crippen molar-refractivity contribution in [3.63, 3.8) is 0 Å². The van der Waals surface area contributed by atoms with Gasteiger partial charge in [0.15, 0.2) is 4.64 Å². The minimum Gasteiger partial charge on any atom is -0.481 e. The van der Waals surface area contributed by atoms with Crippen LogP contribution in [-0.4, -0.2) is 28.3 Å². The van der Waals surface area contributed by atoms with E-state index in [4.69, 9.17) is 17.0 Å². The Kier molecular flexibility index (Phi) is 4.70. The largest absolute Gasteiger partial charge is 0.481 e. The number of hydrogen-bond donors (Lipinski definition) is 2. The Bertz CT molecular complexity index is 407. The molecular formula is C8H10BrN3O2S. The fraction of sp³-hybridized carbons (Fsp3) is 0.375. The Morgan fingerprint density at radius 2 is 2.53 bits per heavy atom. The molecule has 7 heteroatoms. The maximum atomic E-state index is 11.3. The molecule has 2 N–H and O–H groups in total. The van der Waals surface area contributed by atoms with Gasteiger partial charge in [0, 0.05) is 11.8 Å². The normalized spacial score (nSPS) is 9.73. The zero-order valence-electron chi connectivity index (χ0n) is 8.04. The van der Waals surface area contributed by atoms with Crippen LogP contribution in [-0.2, 0) is 4.79 Å². The predicted octanol–water partition coefficient (Wildman–Crippen LogP) is 1.87. The first kappa shape index (κ1) is 12.1. The van der Waals surface area contributed by atoms with Crippen LogP contribution in [0.3, 0.4) is 0 Å². The second kappa shape index (κ2) is 5.82. The second-order valence-corrected chi connectivity index (χ2v) is 3.78. The molecule has 82 valence electrons. The van der Waals surface area contributed by atoms with Crippen LogP contribution < -0.4 is 10.1 Å². The van der Waals surface area contributed by atoms with Crippen molar-refractivity contribution in [2.75, 3.05) is 17.8 Å². The molecule has 0 aliphatic heterocycles. The fourth-order valence-corrected chi connectivity index (χ4v) is 1.50. The van der Waals surface area contributed by atoms with Gasteiger partial charge >= 0.3 is 0 Å². The number of rotatable bonds is 4. The van der Waals surface area contributed by atoms with E-state index < -0.39 is 0 Å². The number of anilines is 1. The van der Waals surface area contributed by atoms with Gasteiger partial charge in [0.1, 0.15) is 5.69 Å². The number of carbonyl (C=O) groups is 1. The number of H-pyrrole nitrogens is 1. The Hall–Kier alpha value is -0.950. The summed E-state index contributed by atoms with van der Waals surface area (Å²) in [6, 6.07) is 0. The molecule has 0 bridgehead atoms. The molecule has 0 spiro atoms. The van der Waals surface area contributed by atoms with E-state index in [-0.39, 0.29) is 5.91 Å². The Morgan fingerprint density at radius 3 is 3.13 bits per heavy atom. The molecule has 0 aliphatic rings. The quantitative estimate of drug-likeness (QED) is 0.656. The highest BCUT2D eigenvalue weighted by Gasteiger charge is 2.09. The van der Waals surface area contributed by atoms with Crippen LogP contribution >= 0.6 is 28.1 Å². The van der Waals surface area contributed by atoms with Crippen molar-refractivity contribution < 1.29 is 9.53 Å². The monoisotopic (exact) mass is 291 g/mol. The van der Waals surface area contributed by atoms with E-state index in [0.29, 0.717) is 28.0 Å². The summed E-state index contributed by atoms with van der Waals surface area (Å²) in [5.41, 5.74) is 0.404. The van der Waals surface area contributed by atoms with E-state index in [1.165, 1.54) is 13.4 Å². The number of carbonyl (C=O) groups excluding carboxylic acids is 1. The molecule has 1 aromatic rings. The molecule has 0 aromatic carbocycles. The number of nitrogens with one attached hydrogen (secondary N) is 2. The van der Waals surface area contributed by atoms with Crippen molar-refractivity contribution in [1.29, 1.82) is 0 Å². The van der Waals surface area contributed by atoms with Crippen LogP contribution in [0.2, 0.25) is 0 Å². The van der Waals surface area contributed by atoms with Gasteiger partial charge in [-0.3, -0.25) is 4.79 Å². The van der Waals surface area contributed by atoms with Gasteiger partial charge in [0.05, 0.1) is 13.4 Å². The zero-order chi connectivity index (χ0) is 11.3. The Labute approximate surface area is 100 Å². The van der Waals surface area contributed by atoms with Gasteiger partial charge in [0.25, 0.3) is 0 Å². The van der Waals surface area contributed by atoms with Crippen LogP contribution in [0.1, 0.15) is 6.42 Å². The number of alkyl halides is 1. The van der Waals surface area contributed by atoms with Crippen molar-refractivity contribution in [1.82, 2.24) is 9.97 Å². The fourth-order valence-electron chi connectivity index (χ4n) is 0.942. The third-order valence-corrected chi connectivity index (χ3v) is 2.31. The average molecular weight is 292 g/mol. The smallest absolute Gasteiger partial charge is 0.225 e. The molecule has 1 heterocycles. The van der Waals surface area contributed by atoms with Crippen LogP contribution in [0.5, 0.6) is 5.88 Å². The number of methoxy groups -OCH3 is 1. The highest BCUT2D eigenvalue weighted by molar-refractivity contribution is 9.09. The first-order valence-electron chi connectivity index (χ1n) is 4.16. The van der Waals surface area contributed by atoms with Gasteiger partial charge < -0.3 is 15.0 Å². The molecule has 5 nitrogen and oxygen atoms in total. The molecule has 0 saturated carbocycles. The number of hydrogen-bond acceptors (Lipinski definition) is 4. The van der Waals surface area contributed by atoms with Gasteiger partial charge in [-0.1, -0.05) is 28.1 Å². The van der Waals surface area contributed by atoms with E-state index in [0.717, 1.165) is 0 Å². The maximum absolute atomic E-state index is 11.3. The van der Waals surface area contributed by atoms with Gasteiger partial charge in [0.2, 0.25) is 11.8 Å². The summed E-state index contributed by atoms with van der Waals surface area (Å²) >= 11 is 8.15. The lowest BCUT2D eigenvalue weighted by atomic mass is 10.4. The maximum Gasteiger partial charge on any atom is 0.225 e. The molecule has 0 atom stereocenters. The third-order valence-electron chi connectivity index (χ3n) is 1.61. The number of aromatic nitrogens is 2. The molecule has 1 aromatic heterocycles. The Balaban J connectivity index is 2.92. The summed E-state index contributed by atoms with van der Waals surface area (Å²) in [5.74, 6) is 0.260. The Morgan fingerprint density at radius 1 is 1.80 bits per heavy atom. The number of halogens is 1. The molecule has 0 fully saturated rings. The highest BCUT2D eigenvalue weighted by Crippen LogP contribution is 2.20. The molecule has 15 heavy (non-hydrogen) atoms. The standard InChI is InChI=1S/C8H10BrN3O2S/c1-14-7-6(8(15)11-4-10-7)12-5(13)2-3-9/h4H,2-3H2,1H3,(H,12,13)(H,10,11,15). The van der Waals surface area contributed by atoms with Crippen molar-refractivity contribution >= 4 is 39.7 Å². The minimum atomic E-state index is -0.141. The number of amides is 1. The zero-order valence-corrected chi connectivity index (χ0v) is 10.4. The summed E-state index contributed by atoms with van der Waals surface area (Å²) in [7, 11) is 1.49. The van der Waals surface area contributed by atoms with Crippen LogP contribution in [0.4, 0.5) is 5.69 Å². The highest BCUT2D eigenvalue weighted by atomic mass is 79.9. The van der Waals surface area contributed by atoms with Crippen molar-refractivity contribution in [2.45, 2.75) is 6.42 Å². The van der Waals surface area contributed by atoms with E-state index in [1.54, 1.807) is 0 Å². The molecule has 0 aliphatic carbocycles. The number of nitrogens with zero attached hydrogens (tertiary/aromatic N) is 1. The lowest BCUT2D eigenvalue weighted by molar-refractivity contribution is -0.115. The van der Waals surface area contributed by atoms with Crippen LogP contribution in [0.15, 0.2) is 6.33 Å². The summed E-state index contributed by atoms with van der Waals surface area (Å²) in [6.07, 6.45) is 1.79. The topological polar surface area (TPSA) is 67.0 Å². The summed E-state index contributed by atoms with van der Waals surface area (Å²) in [4.78, 5) is 18.0. The first-order chi connectivity index (χ1) is 7.19. The number of ether oxygens (including phenoxy) is 1. The van der Waals surface area contributed by atoms with Gasteiger partial charge in [-0.2, -0.15) is 0 Å². The third kappa shape index (κ3) is 3.28. The second-order valence-electron chi connectivity index (χ2n) is 2.60. The molecule has 0 saturated heterocycles.